The van der Waals surface area contributed by atoms with Gasteiger partial charge in [0.25, 0.3) is 0 Å². The highest BCUT2D eigenvalue weighted by Gasteiger charge is 2.03. The highest BCUT2D eigenvalue weighted by atomic mass is 16.5. The van der Waals surface area contributed by atoms with Crippen LogP contribution in [0.1, 0.15) is 5.56 Å². The monoisotopic (exact) mass is 224 g/mol. The molecule has 0 aliphatic heterocycles. The van der Waals surface area contributed by atoms with Gasteiger partial charge in [0.05, 0.1) is 7.11 Å². The van der Waals surface area contributed by atoms with Crippen molar-refractivity contribution in [1.29, 1.82) is 0 Å². The van der Waals surface area contributed by atoms with Crippen LogP contribution >= 0.6 is 0 Å². The molecular formula is C14H13BO2. The van der Waals surface area contributed by atoms with E-state index in [9.17, 15) is 0 Å². The molecule has 2 aromatic rings. The lowest BCUT2D eigenvalue weighted by atomic mass is 9.96. The molecule has 0 amide bonds. The fraction of sp³-hybridized carbons (Fsp3) is 0.143. The van der Waals surface area contributed by atoms with Crippen molar-refractivity contribution in [3.63, 3.8) is 0 Å². The summed E-state index contributed by atoms with van der Waals surface area (Å²) >= 11 is 0. The summed E-state index contributed by atoms with van der Waals surface area (Å²) in [6, 6.07) is 15.3. The Morgan fingerprint density at radius 1 is 1.00 bits per heavy atom. The molecule has 0 fully saturated rings. The Labute approximate surface area is 103 Å². The predicted molar refractivity (Wildman–Crippen MR) is 69.2 cm³/mol. The smallest absolute Gasteiger partial charge is 0.161 e. The summed E-state index contributed by atoms with van der Waals surface area (Å²) in [6.07, 6.45) is 0. The number of rotatable bonds is 4. The first-order valence-corrected chi connectivity index (χ1v) is 5.40. The summed E-state index contributed by atoms with van der Waals surface area (Å²) in [6.45, 7) is 0.515. The standard InChI is InChI=1S/C14H13BO2/c1-16-14-9-12(15)7-8-13(14)17-10-11-5-3-2-4-6-11/h2-9H,10H2,1H3. The first-order valence-electron chi connectivity index (χ1n) is 5.40. The SMILES string of the molecule is [B]c1ccc(OCc2ccccc2)c(OC)c1. The normalized spacial score (nSPS) is 9.94. The van der Waals surface area contributed by atoms with Crippen LogP contribution in [0.25, 0.3) is 0 Å². The van der Waals surface area contributed by atoms with Crippen molar-refractivity contribution in [1.82, 2.24) is 0 Å². The van der Waals surface area contributed by atoms with Crippen LogP contribution in [0.4, 0.5) is 0 Å². The predicted octanol–water partition coefficient (Wildman–Crippen LogP) is 2.07. The molecular weight excluding hydrogens is 211 g/mol. The van der Waals surface area contributed by atoms with E-state index in [-0.39, 0.29) is 0 Å². The Morgan fingerprint density at radius 3 is 2.47 bits per heavy atom. The molecule has 0 saturated carbocycles. The van der Waals surface area contributed by atoms with Gasteiger partial charge in [0.2, 0.25) is 0 Å². The Bertz CT molecular complexity index is 483. The average Bonchev–Trinajstić information content (AvgIpc) is 2.38. The second-order valence-electron chi connectivity index (χ2n) is 3.68. The molecule has 0 aliphatic carbocycles. The van der Waals surface area contributed by atoms with Gasteiger partial charge < -0.3 is 9.47 Å². The van der Waals surface area contributed by atoms with E-state index in [0.717, 1.165) is 5.56 Å². The van der Waals surface area contributed by atoms with Crippen LogP contribution in [0.2, 0.25) is 0 Å². The largest absolute Gasteiger partial charge is 0.493 e. The fourth-order valence-electron chi connectivity index (χ4n) is 1.54. The van der Waals surface area contributed by atoms with E-state index in [0.29, 0.717) is 23.6 Å². The van der Waals surface area contributed by atoms with Crippen LogP contribution < -0.4 is 14.9 Å². The summed E-state index contributed by atoms with van der Waals surface area (Å²) in [7, 11) is 7.28. The third kappa shape index (κ3) is 3.03. The number of hydrogen-bond donors (Lipinski definition) is 0. The van der Waals surface area contributed by atoms with Crippen molar-refractivity contribution in [2.45, 2.75) is 6.61 Å². The van der Waals surface area contributed by atoms with Gasteiger partial charge in [0, 0.05) is 0 Å². The lowest BCUT2D eigenvalue weighted by Crippen LogP contribution is -2.04. The van der Waals surface area contributed by atoms with Crippen molar-refractivity contribution in [3.8, 4) is 11.5 Å². The van der Waals surface area contributed by atoms with Gasteiger partial charge in [0.15, 0.2) is 11.5 Å². The van der Waals surface area contributed by atoms with Crippen LogP contribution in [0, 0.1) is 0 Å². The molecule has 17 heavy (non-hydrogen) atoms. The lowest BCUT2D eigenvalue weighted by molar-refractivity contribution is 0.284. The molecule has 0 spiro atoms. The highest BCUT2D eigenvalue weighted by Crippen LogP contribution is 2.25. The van der Waals surface area contributed by atoms with Crippen molar-refractivity contribution in [2.75, 3.05) is 7.11 Å². The second kappa shape index (κ2) is 5.44. The highest BCUT2D eigenvalue weighted by molar-refractivity contribution is 6.32. The molecule has 0 aromatic heterocycles. The quantitative estimate of drug-likeness (QED) is 0.740. The summed E-state index contributed by atoms with van der Waals surface area (Å²) < 4.78 is 10.9. The molecule has 2 aromatic carbocycles. The minimum atomic E-state index is 0.515. The van der Waals surface area contributed by atoms with E-state index in [4.69, 9.17) is 17.3 Å². The van der Waals surface area contributed by atoms with Crippen LogP contribution in [-0.4, -0.2) is 15.0 Å². The third-order valence-electron chi connectivity index (χ3n) is 2.42. The van der Waals surface area contributed by atoms with Crippen molar-refractivity contribution >= 4 is 13.3 Å². The Hall–Kier alpha value is -1.90. The Morgan fingerprint density at radius 2 is 1.76 bits per heavy atom. The molecule has 0 N–H and O–H groups in total. The molecule has 2 nitrogen and oxygen atoms in total. The molecule has 0 bridgehead atoms. The maximum absolute atomic E-state index is 5.69. The zero-order valence-corrected chi connectivity index (χ0v) is 9.72. The minimum Gasteiger partial charge on any atom is -0.493 e. The van der Waals surface area contributed by atoms with Gasteiger partial charge in [-0.05, 0) is 17.7 Å². The van der Waals surface area contributed by atoms with Crippen molar-refractivity contribution < 1.29 is 9.47 Å². The maximum Gasteiger partial charge on any atom is 0.161 e. The molecule has 0 unspecified atom stereocenters. The summed E-state index contributed by atoms with van der Waals surface area (Å²) in [5.74, 6) is 1.35. The average molecular weight is 224 g/mol. The van der Waals surface area contributed by atoms with Crippen molar-refractivity contribution in [2.24, 2.45) is 0 Å². The number of ether oxygens (including phenoxy) is 2. The summed E-state index contributed by atoms with van der Waals surface area (Å²) in [5.41, 5.74) is 1.78. The first-order chi connectivity index (χ1) is 8.29. The zero-order valence-electron chi connectivity index (χ0n) is 9.72. The summed E-state index contributed by atoms with van der Waals surface area (Å²) in [5, 5.41) is 0. The van der Waals surface area contributed by atoms with Crippen LogP contribution in [-0.2, 0) is 6.61 Å². The van der Waals surface area contributed by atoms with Gasteiger partial charge in [-0.25, -0.2) is 0 Å². The minimum absolute atomic E-state index is 0.515. The van der Waals surface area contributed by atoms with E-state index < -0.39 is 0 Å². The van der Waals surface area contributed by atoms with Gasteiger partial charge in [-0.3, -0.25) is 0 Å². The topological polar surface area (TPSA) is 18.5 Å². The van der Waals surface area contributed by atoms with E-state index in [1.54, 1.807) is 19.2 Å². The number of benzene rings is 2. The number of methoxy groups -OCH3 is 1. The van der Waals surface area contributed by atoms with E-state index in [1.165, 1.54) is 0 Å². The van der Waals surface area contributed by atoms with Crippen LogP contribution in [0.15, 0.2) is 48.5 Å². The maximum atomic E-state index is 5.69. The molecule has 0 saturated heterocycles. The molecule has 2 rings (SSSR count). The van der Waals surface area contributed by atoms with Crippen molar-refractivity contribution in [3.05, 3.63) is 54.1 Å². The third-order valence-corrected chi connectivity index (χ3v) is 2.42. The van der Waals surface area contributed by atoms with E-state index in [2.05, 4.69) is 0 Å². The summed E-state index contributed by atoms with van der Waals surface area (Å²) in [4.78, 5) is 0. The Balaban J connectivity index is 2.09. The van der Waals surface area contributed by atoms with Gasteiger partial charge in [-0.2, -0.15) is 0 Å². The van der Waals surface area contributed by atoms with Crippen LogP contribution in [0.5, 0.6) is 11.5 Å². The molecule has 0 heterocycles. The fourth-order valence-corrected chi connectivity index (χ4v) is 1.54. The molecule has 84 valence electrons. The van der Waals surface area contributed by atoms with E-state index in [1.807, 2.05) is 36.4 Å². The molecule has 2 radical (unpaired) electrons. The van der Waals surface area contributed by atoms with E-state index >= 15 is 0 Å². The van der Waals surface area contributed by atoms with Crippen LogP contribution in [0.3, 0.4) is 0 Å². The molecule has 0 atom stereocenters. The van der Waals surface area contributed by atoms with Gasteiger partial charge in [-0.15, -0.1) is 0 Å². The zero-order chi connectivity index (χ0) is 12.1. The molecule has 3 heteroatoms. The lowest BCUT2D eigenvalue weighted by Gasteiger charge is -2.11. The first kappa shape index (κ1) is 11.6. The van der Waals surface area contributed by atoms with Gasteiger partial charge in [-0.1, -0.05) is 41.9 Å². The Kier molecular flexibility index (Phi) is 3.71. The van der Waals surface area contributed by atoms with Gasteiger partial charge in [0.1, 0.15) is 14.5 Å². The number of hydrogen-bond acceptors (Lipinski definition) is 2. The second-order valence-corrected chi connectivity index (χ2v) is 3.68. The van der Waals surface area contributed by atoms with Gasteiger partial charge >= 0.3 is 0 Å². The molecule has 0 aliphatic rings.